The van der Waals surface area contributed by atoms with E-state index in [-0.39, 0.29) is 29.4 Å². The van der Waals surface area contributed by atoms with Gasteiger partial charge in [0.25, 0.3) is 0 Å². The normalized spacial score (nSPS) is 17.2. The second kappa shape index (κ2) is 13.6. The molecule has 212 valence electrons. The van der Waals surface area contributed by atoms with Gasteiger partial charge in [0.1, 0.15) is 23.2 Å². The van der Waals surface area contributed by atoms with Crippen molar-refractivity contribution >= 4 is 29.4 Å². The van der Waals surface area contributed by atoms with Crippen LogP contribution in [-0.4, -0.2) is 55.1 Å². The SMILES string of the molecule is CNC(=O)Oc1ccc(F)cc1.Cc1ccc(C2CCN(C(=O)C3CCN(c4ccc(Cl)cn4)CC3)C2)cc1F. The Morgan fingerprint density at radius 1 is 1.00 bits per heavy atom. The highest BCUT2D eigenvalue weighted by atomic mass is 35.5. The molecule has 2 amide bonds. The molecule has 7 nitrogen and oxygen atoms in total. The second-order valence-electron chi connectivity index (χ2n) is 9.97. The Morgan fingerprint density at radius 2 is 1.73 bits per heavy atom. The molecule has 3 heterocycles. The Bertz CT molecular complexity index is 1300. The summed E-state index contributed by atoms with van der Waals surface area (Å²) in [6.45, 7) is 4.88. The van der Waals surface area contributed by atoms with Gasteiger partial charge in [-0.2, -0.15) is 0 Å². The number of pyridine rings is 1. The predicted molar refractivity (Wildman–Crippen MR) is 151 cm³/mol. The van der Waals surface area contributed by atoms with Gasteiger partial charge in [-0.3, -0.25) is 4.79 Å². The summed E-state index contributed by atoms with van der Waals surface area (Å²) in [6, 6.07) is 14.4. The van der Waals surface area contributed by atoms with Gasteiger partial charge < -0.3 is 19.9 Å². The fourth-order valence-corrected chi connectivity index (χ4v) is 5.04. The average molecular weight is 571 g/mol. The Labute approximate surface area is 238 Å². The first-order valence-electron chi connectivity index (χ1n) is 13.3. The number of benzene rings is 2. The summed E-state index contributed by atoms with van der Waals surface area (Å²) in [7, 11) is 1.45. The lowest BCUT2D eigenvalue weighted by atomic mass is 9.95. The highest BCUT2D eigenvalue weighted by Gasteiger charge is 2.33. The third-order valence-corrected chi connectivity index (χ3v) is 7.50. The minimum absolute atomic E-state index is 0.0667. The molecule has 1 N–H and O–H groups in total. The van der Waals surface area contributed by atoms with Crippen LogP contribution in [0.5, 0.6) is 5.75 Å². The molecule has 3 aromatic rings. The molecule has 0 aliphatic carbocycles. The molecule has 10 heteroatoms. The van der Waals surface area contributed by atoms with E-state index in [1.807, 2.05) is 29.2 Å². The topological polar surface area (TPSA) is 74.8 Å². The Balaban J connectivity index is 0.000000259. The number of likely N-dealkylation sites (tertiary alicyclic amines) is 1. The summed E-state index contributed by atoms with van der Waals surface area (Å²) in [5, 5.41) is 2.90. The Kier molecular flexibility index (Phi) is 9.93. The number of hydrogen-bond acceptors (Lipinski definition) is 5. The van der Waals surface area contributed by atoms with Gasteiger partial charge >= 0.3 is 6.09 Å². The fraction of sp³-hybridized carbons (Fsp3) is 0.367. The fourth-order valence-electron chi connectivity index (χ4n) is 4.93. The number of rotatable bonds is 4. The van der Waals surface area contributed by atoms with Crippen LogP contribution in [0.25, 0.3) is 0 Å². The first-order chi connectivity index (χ1) is 19.2. The van der Waals surface area contributed by atoms with E-state index in [0.717, 1.165) is 50.3 Å². The molecular formula is C30H33ClF2N4O3. The lowest BCUT2D eigenvalue weighted by Crippen LogP contribution is -2.42. The van der Waals surface area contributed by atoms with Gasteiger partial charge in [-0.15, -0.1) is 0 Å². The molecule has 2 aliphatic rings. The van der Waals surface area contributed by atoms with Crippen LogP contribution >= 0.6 is 11.6 Å². The number of aryl methyl sites for hydroxylation is 1. The number of anilines is 1. The number of ether oxygens (including phenoxy) is 1. The summed E-state index contributed by atoms with van der Waals surface area (Å²) in [4.78, 5) is 32.2. The Morgan fingerprint density at radius 3 is 2.35 bits per heavy atom. The van der Waals surface area contributed by atoms with Crippen LogP contribution in [0.3, 0.4) is 0 Å². The van der Waals surface area contributed by atoms with Crippen molar-refractivity contribution in [3.8, 4) is 5.75 Å². The number of nitrogens with zero attached hydrogens (tertiary/aromatic N) is 3. The van der Waals surface area contributed by atoms with Gasteiger partial charge in [-0.1, -0.05) is 23.7 Å². The lowest BCUT2D eigenvalue weighted by Gasteiger charge is -2.34. The molecule has 2 aromatic carbocycles. The maximum atomic E-state index is 13.9. The van der Waals surface area contributed by atoms with Crippen LogP contribution in [0.1, 0.15) is 36.3 Å². The highest BCUT2D eigenvalue weighted by Crippen LogP contribution is 2.31. The van der Waals surface area contributed by atoms with Crippen molar-refractivity contribution in [2.45, 2.75) is 32.1 Å². The lowest BCUT2D eigenvalue weighted by molar-refractivity contribution is -0.135. The van der Waals surface area contributed by atoms with Crippen molar-refractivity contribution in [3.63, 3.8) is 0 Å². The zero-order valence-corrected chi connectivity index (χ0v) is 23.3. The van der Waals surface area contributed by atoms with Gasteiger partial charge in [0.05, 0.1) is 5.02 Å². The van der Waals surface area contributed by atoms with Crippen molar-refractivity contribution in [2.75, 3.05) is 38.1 Å². The van der Waals surface area contributed by atoms with E-state index in [1.54, 1.807) is 19.2 Å². The van der Waals surface area contributed by atoms with Crippen LogP contribution in [0.4, 0.5) is 19.4 Å². The van der Waals surface area contributed by atoms with Crippen molar-refractivity contribution in [2.24, 2.45) is 5.92 Å². The number of nitrogens with one attached hydrogen (secondary N) is 1. The predicted octanol–water partition coefficient (Wildman–Crippen LogP) is 5.96. The largest absolute Gasteiger partial charge is 0.412 e. The smallest absolute Gasteiger partial charge is 0.410 e. The van der Waals surface area contributed by atoms with E-state index < -0.39 is 6.09 Å². The van der Waals surface area contributed by atoms with E-state index in [9.17, 15) is 18.4 Å². The zero-order chi connectivity index (χ0) is 28.6. The molecule has 0 bridgehead atoms. The molecule has 40 heavy (non-hydrogen) atoms. The summed E-state index contributed by atoms with van der Waals surface area (Å²) in [5.41, 5.74) is 1.67. The van der Waals surface area contributed by atoms with E-state index in [0.29, 0.717) is 22.9 Å². The summed E-state index contributed by atoms with van der Waals surface area (Å²) in [5.74, 6) is 1.26. The molecule has 0 spiro atoms. The van der Waals surface area contributed by atoms with Crippen molar-refractivity contribution in [3.05, 3.63) is 88.6 Å². The van der Waals surface area contributed by atoms with Crippen LogP contribution in [0.15, 0.2) is 60.8 Å². The third kappa shape index (κ3) is 7.69. The van der Waals surface area contributed by atoms with Gasteiger partial charge in [0.2, 0.25) is 5.91 Å². The summed E-state index contributed by atoms with van der Waals surface area (Å²) >= 11 is 5.91. The molecule has 5 rings (SSSR count). The standard InChI is InChI=1S/C22H25ClFN3O.C8H8FNO2/c1-15-2-3-17(12-20(15)24)18-8-11-27(14-18)22(28)16-6-9-26(10-7-16)21-5-4-19(23)13-25-21;1-10-8(11)12-7-4-2-6(9)3-5-7/h2-5,12-13,16,18H,6-11,14H2,1H3;2-5H,1H3,(H,10,11). The average Bonchev–Trinajstić information content (AvgIpc) is 3.47. The van der Waals surface area contributed by atoms with E-state index in [4.69, 9.17) is 16.3 Å². The molecule has 1 atom stereocenters. The number of hydrogen-bond donors (Lipinski definition) is 1. The molecule has 2 fully saturated rings. The van der Waals surface area contributed by atoms with Gasteiger partial charge in [0, 0.05) is 51.3 Å². The quantitative estimate of drug-likeness (QED) is 0.419. The number of carbonyl (C=O) groups excluding carboxylic acids is 2. The maximum Gasteiger partial charge on any atom is 0.412 e. The minimum atomic E-state index is -0.568. The number of carbonyl (C=O) groups is 2. The van der Waals surface area contributed by atoms with Crippen molar-refractivity contribution < 1.29 is 23.1 Å². The Hall–Kier alpha value is -3.72. The number of piperidine rings is 1. The number of amides is 2. The molecule has 2 saturated heterocycles. The maximum absolute atomic E-state index is 13.9. The third-order valence-electron chi connectivity index (χ3n) is 7.28. The number of aromatic nitrogens is 1. The van der Waals surface area contributed by atoms with Crippen LogP contribution in [0, 0.1) is 24.5 Å². The van der Waals surface area contributed by atoms with Crippen LogP contribution in [0.2, 0.25) is 5.02 Å². The molecule has 0 radical (unpaired) electrons. The molecular weight excluding hydrogens is 538 g/mol. The molecule has 1 unspecified atom stereocenters. The van der Waals surface area contributed by atoms with Gasteiger partial charge in [-0.25, -0.2) is 18.6 Å². The molecule has 1 aromatic heterocycles. The van der Waals surface area contributed by atoms with Crippen LogP contribution < -0.4 is 15.0 Å². The first kappa shape index (κ1) is 29.3. The van der Waals surface area contributed by atoms with Gasteiger partial charge in [0.15, 0.2) is 0 Å². The zero-order valence-electron chi connectivity index (χ0n) is 22.6. The molecule has 0 saturated carbocycles. The van der Waals surface area contributed by atoms with Gasteiger partial charge in [-0.05, 0) is 79.8 Å². The van der Waals surface area contributed by atoms with Crippen LogP contribution in [-0.2, 0) is 4.79 Å². The number of halogens is 3. The summed E-state index contributed by atoms with van der Waals surface area (Å²) in [6.07, 6.45) is 3.67. The monoisotopic (exact) mass is 570 g/mol. The minimum Gasteiger partial charge on any atom is -0.410 e. The van der Waals surface area contributed by atoms with Crippen molar-refractivity contribution in [1.29, 1.82) is 0 Å². The first-order valence-corrected chi connectivity index (χ1v) is 13.7. The van der Waals surface area contributed by atoms with E-state index >= 15 is 0 Å². The van der Waals surface area contributed by atoms with Crippen molar-refractivity contribution in [1.82, 2.24) is 15.2 Å². The van der Waals surface area contributed by atoms with E-state index in [2.05, 4.69) is 15.2 Å². The molecule has 2 aliphatic heterocycles. The van der Waals surface area contributed by atoms with E-state index in [1.165, 1.54) is 31.3 Å². The second-order valence-corrected chi connectivity index (χ2v) is 10.4. The summed E-state index contributed by atoms with van der Waals surface area (Å²) < 4.78 is 30.9. The highest BCUT2D eigenvalue weighted by molar-refractivity contribution is 6.30.